The molecule has 0 fully saturated rings. The lowest BCUT2D eigenvalue weighted by Gasteiger charge is -2.29. The quantitative estimate of drug-likeness (QED) is 0.646. The number of carbonyl (C=O) groups is 1. The molecular weight excluding hydrogens is 362 g/mol. The molecule has 2 unspecified atom stereocenters. The van der Waals surface area contributed by atoms with Gasteiger partial charge in [-0.1, -0.05) is 30.3 Å². The molecule has 1 amide bonds. The number of nitrogens with one attached hydrogen (secondary N) is 1. The Morgan fingerprint density at radius 2 is 2.11 bits per heavy atom. The lowest BCUT2D eigenvalue weighted by atomic mass is 9.95. The van der Waals surface area contributed by atoms with Crippen LogP contribution in [0.15, 0.2) is 59.0 Å². The molecule has 0 spiro atoms. The summed E-state index contributed by atoms with van der Waals surface area (Å²) in [5.41, 5.74) is 2.20. The van der Waals surface area contributed by atoms with Gasteiger partial charge in [0, 0.05) is 25.5 Å². The van der Waals surface area contributed by atoms with E-state index in [1.807, 2.05) is 41.8 Å². The standard InChI is InChI=1S/C21H25NO4S/c23-9-4-5-10-25-20-13-18(17-8-11-27-15-17)12-19(26-20)21(24)22-14-16-6-2-1-3-7-16/h1-3,6-8,11-12,15,18,20,23H,4-5,9-10,13-14H2,(H,22,24). The smallest absolute Gasteiger partial charge is 0.286 e. The molecule has 5 nitrogen and oxygen atoms in total. The molecule has 1 aromatic heterocycles. The number of thiophene rings is 1. The van der Waals surface area contributed by atoms with Crippen LogP contribution in [0, 0.1) is 0 Å². The van der Waals surface area contributed by atoms with Crippen LogP contribution < -0.4 is 5.32 Å². The van der Waals surface area contributed by atoms with Gasteiger partial charge in [0.15, 0.2) is 5.76 Å². The highest BCUT2D eigenvalue weighted by Crippen LogP contribution is 2.32. The van der Waals surface area contributed by atoms with Crippen LogP contribution in [0.4, 0.5) is 0 Å². The highest BCUT2D eigenvalue weighted by Gasteiger charge is 2.28. The van der Waals surface area contributed by atoms with Gasteiger partial charge in [0.25, 0.3) is 5.91 Å². The van der Waals surface area contributed by atoms with Crippen LogP contribution in [-0.2, 0) is 20.8 Å². The summed E-state index contributed by atoms with van der Waals surface area (Å²) in [6.07, 6.45) is 3.55. The average molecular weight is 388 g/mol. The molecule has 0 radical (unpaired) electrons. The molecule has 0 bridgehead atoms. The van der Waals surface area contributed by atoms with Gasteiger partial charge in [-0.3, -0.25) is 4.79 Å². The van der Waals surface area contributed by atoms with E-state index in [1.165, 1.54) is 5.56 Å². The minimum atomic E-state index is -0.462. The number of aliphatic hydroxyl groups is 1. The second-order valence-corrected chi connectivity index (χ2v) is 7.23. The average Bonchev–Trinajstić information content (AvgIpc) is 3.25. The molecule has 2 N–H and O–H groups in total. The molecule has 1 aliphatic heterocycles. The van der Waals surface area contributed by atoms with Crippen molar-refractivity contribution in [1.29, 1.82) is 0 Å². The lowest BCUT2D eigenvalue weighted by molar-refractivity contribution is -0.146. The van der Waals surface area contributed by atoms with Crippen molar-refractivity contribution in [2.24, 2.45) is 0 Å². The van der Waals surface area contributed by atoms with E-state index in [0.29, 0.717) is 31.8 Å². The number of carbonyl (C=O) groups excluding carboxylic acids is 1. The van der Waals surface area contributed by atoms with Crippen LogP contribution in [0.3, 0.4) is 0 Å². The zero-order valence-corrected chi connectivity index (χ0v) is 16.0. The predicted octanol–water partition coefficient (Wildman–Crippen LogP) is 3.57. The molecule has 2 atom stereocenters. The van der Waals surface area contributed by atoms with E-state index in [0.717, 1.165) is 12.0 Å². The Hall–Kier alpha value is -2.15. The summed E-state index contributed by atoms with van der Waals surface area (Å²) in [7, 11) is 0. The Balaban J connectivity index is 1.63. The first-order valence-electron chi connectivity index (χ1n) is 9.21. The Labute approximate surface area is 163 Å². The SMILES string of the molecule is O=C(NCc1ccccc1)C1=CC(c2ccsc2)CC(OCCCCO)O1. The molecule has 2 heterocycles. The van der Waals surface area contributed by atoms with E-state index in [-0.39, 0.29) is 18.4 Å². The van der Waals surface area contributed by atoms with Crippen LogP contribution in [0.25, 0.3) is 0 Å². The molecular formula is C21H25NO4S. The predicted molar refractivity (Wildman–Crippen MR) is 105 cm³/mol. The molecule has 1 aromatic carbocycles. The third kappa shape index (κ3) is 5.92. The Morgan fingerprint density at radius 3 is 2.85 bits per heavy atom. The zero-order chi connectivity index (χ0) is 18.9. The second-order valence-electron chi connectivity index (χ2n) is 6.45. The van der Waals surface area contributed by atoms with E-state index in [2.05, 4.69) is 16.8 Å². The van der Waals surface area contributed by atoms with Crippen molar-refractivity contribution in [2.45, 2.75) is 38.0 Å². The maximum absolute atomic E-state index is 12.6. The summed E-state index contributed by atoms with van der Waals surface area (Å²) < 4.78 is 11.6. The summed E-state index contributed by atoms with van der Waals surface area (Å²) >= 11 is 1.64. The van der Waals surface area contributed by atoms with Gasteiger partial charge in [0.2, 0.25) is 6.29 Å². The van der Waals surface area contributed by atoms with Gasteiger partial charge in [-0.25, -0.2) is 0 Å². The molecule has 2 aromatic rings. The Bertz CT molecular complexity index is 730. The van der Waals surface area contributed by atoms with E-state index in [4.69, 9.17) is 14.6 Å². The van der Waals surface area contributed by atoms with Gasteiger partial charge >= 0.3 is 0 Å². The van der Waals surface area contributed by atoms with Crippen LogP contribution in [0.5, 0.6) is 0 Å². The number of hydrogen-bond donors (Lipinski definition) is 2. The second kappa shape index (κ2) is 10.3. The molecule has 3 rings (SSSR count). The lowest BCUT2D eigenvalue weighted by Crippen LogP contribution is -2.32. The maximum atomic E-state index is 12.6. The van der Waals surface area contributed by atoms with Crippen LogP contribution in [0.2, 0.25) is 0 Å². The first-order chi connectivity index (χ1) is 13.3. The van der Waals surface area contributed by atoms with Gasteiger partial charge in [-0.15, -0.1) is 0 Å². The van der Waals surface area contributed by atoms with Crippen molar-refractivity contribution < 1.29 is 19.4 Å². The minimum Gasteiger partial charge on any atom is -0.459 e. The molecule has 0 aliphatic carbocycles. The summed E-state index contributed by atoms with van der Waals surface area (Å²) in [5.74, 6) is 0.161. The van der Waals surface area contributed by atoms with Crippen molar-refractivity contribution in [3.05, 3.63) is 70.1 Å². The summed E-state index contributed by atoms with van der Waals surface area (Å²) in [6, 6.07) is 11.8. The number of aliphatic hydroxyl groups excluding tert-OH is 1. The van der Waals surface area contributed by atoms with Crippen molar-refractivity contribution in [3.63, 3.8) is 0 Å². The fourth-order valence-electron chi connectivity index (χ4n) is 2.93. The van der Waals surface area contributed by atoms with Crippen molar-refractivity contribution >= 4 is 17.2 Å². The highest BCUT2D eigenvalue weighted by atomic mass is 32.1. The van der Waals surface area contributed by atoms with E-state index >= 15 is 0 Å². The van der Waals surface area contributed by atoms with Gasteiger partial charge < -0.3 is 19.9 Å². The number of benzene rings is 1. The largest absolute Gasteiger partial charge is 0.459 e. The molecule has 27 heavy (non-hydrogen) atoms. The van der Waals surface area contributed by atoms with Crippen LogP contribution in [-0.4, -0.2) is 30.5 Å². The molecule has 0 saturated heterocycles. The Morgan fingerprint density at radius 1 is 1.26 bits per heavy atom. The maximum Gasteiger partial charge on any atom is 0.286 e. The fourth-order valence-corrected chi connectivity index (χ4v) is 3.66. The van der Waals surface area contributed by atoms with Gasteiger partial charge in [0.1, 0.15) is 0 Å². The molecule has 144 valence electrons. The number of unbranched alkanes of at least 4 members (excludes halogenated alkanes) is 1. The highest BCUT2D eigenvalue weighted by molar-refractivity contribution is 7.08. The van der Waals surface area contributed by atoms with Crippen LogP contribution in [0.1, 0.15) is 36.3 Å². The number of allylic oxidation sites excluding steroid dienone is 1. The van der Waals surface area contributed by atoms with Crippen molar-refractivity contribution in [1.82, 2.24) is 5.32 Å². The van der Waals surface area contributed by atoms with Crippen molar-refractivity contribution in [2.75, 3.05) is 13.2 Å². The van der Waals surface area contributed by atoms with E-state index in [1.54, 1.807) is 11.3 Å². The summed E-state index contributed by atoms with van der Waals surface area (Å²) in [4.78, 5) is 12.6. The van der Waals surface area contributed by atoms with Crippen LogP contribution >= 0.6 is 11.3 Å². The number of ether oxygens (including phenoxy) is 2. The van der Waals surface area contributed by atoms with E-state index in [9.17, 15) is 4.79 Å². The molecule has 6 heteroatoms. The van der Waals surface area contributed by atoms with Gasteiger partial charge in [0.05, 0.1) is 6.61 Å². The van der Waals surface area contributed by atoms with E-state index < -0.39 is 6.29 Å². The van der Waals surface area contributed by atoms with Gasteiger partial charge in [-0.2, -0.15) is 11.3 Å². The monoisotopic (exact) mass is 387 g/mol. The molecule has 1 aliphatic rings. The number of hydrogen-bond acceptors (Lipinski definition) is 5. The summed E-state index contributed by atoms with van der Waals surface area (Å²) in [6.45, 7) is 1.10. The minimum absolute atomic E-state index is 0.0883. The van der Waals surface area contributed by atoms with Gasteiger partial charge in [-0.05, 0) is 46.9 Å². The zero-order valence-electron chi connectivity index (χ0n) is 15.2. The fraction of sp³-hybridized carbons (Fsp3) is 0.381. The molecule has 0 saturated carbocycles. The summed E-state index contributed by atoms with van der Waals surface area (Å²) in [5, 5.41) is 15.9. The first-order valence-corrected chi connectivity index (χ1v) is 10.2. The normalized spacial score (nSPS) is 19.2. The van der Waals surface area contributed by atoms with Crippen molar-refractivity contribution in [3.8, 4) is 0 Å². The third-order valence-electron chi connectivity index (χ3n) is 4.40. The third-order valence-corrected chi connectivity index (χ3v) is 5.11. The topological polar surface area (TPSA) is 67.8 Å². The number of amides is 1. The first kappa shape index (κ1) is 19.6. The number of rotatable bonds is 9. The Kier molecular flexibility index (Phi) is 7.45.